The lowest BCUT2D eigenvalue weighted by atomic mass is 10.3. The number of likely N-dealkylation sites (N-methyl/N-ethyl adjacent to an activating group) is 1. The van der Waals surface area contributed by atoms with Crippen LogP contribution >= 0.6 is 0 Å². The number of rotatable bonds is 5. The van der Waals surface area contributed by atoms with E-state index in [0.717, 1.165) is 6.54 Å². The molecule has 1 N–H and O–H groups in total. The summed E-state index contributed by atoms with van der Waals surface area (Å²) in [6.45, 7) is 5.53. The average molecular weight is 197 g/mol. The normalized spacial score (nSPS) is 12.5. The molecule has 0 aromatic heterocycles. The maximum absolute atomic E-state index is 12.7. The summed E-state index contributed by atoms with van der Waals surface area (Å²) in [5.41, 5.74) is 0. The number of halogens is 1. The van der Waals surface area contributed by atoms with Gasteiger partial charge in [-0.15, -0.1) is 0 Å². The molecule has 3 heteroatoms. The first kappa shape index (κ1) is 11.0. The first-order chi connectivity index (χ1) is 6.72. The molecule has 1 unspecified atom stereocenters. The molecule has 0 aliphatic heterocycles. The third kappa shape index (κ3) is 3.75. The Morgan fingerprint density at radius 2 is 2.29 bits per heavy atom. The highest BCUT2D eigenvalue weighted by molar-refractivity contribution is 5.22. The van der Waals surface area contributed by atoms with Crippen molar-refractivity contribution in [2.75, 3.05) is 13.2 Å². The van der Waals surface area contributed by atoms with E-state index in [0.29, 0.717) is 12.4 Å². The Morgan fingerprint density at radius 3 is 2.93 bits per heavy atom. The molecule has 2 nitrogen and oxygen atoms in total. The quantitative estimate of drug-likeness (QED) is 0.781. The van der Waals surface area contributed by atoms with Crippen LogP contribution in [0.2, 0.25) is 0 Å². The summed E-state index contributed by atoms with van der Waals surface area (Å²) in [4.78, 5) is 0. The molecule has 0 aliphatic carbocycles. The molecule has 1 aromatic rings. The molecule has 0 spiro atoms. The SMILES string of the molecule is CCNC(C)COc1cccc(F)c1. The van der Waals surface area contributed by atoms with E-state index < -0.39 is 0 Å². The smallest absolute Gasteiger partial charge is 0.126 e. The van der Waals surface area contributed by atoms with Crippen LogP contribution in [0.4, 0.5) is 4.39 Å². The van der Waals surface area contributed by atoms with Crippen LogP contribution in [0.25, 0.3) is 0 Å². The molecule has 0 radical (unpaired) electrons. The van der Waals surface area contributed by atoms with Gasteiger partial charge in [-0.1, -0.05) is 13.0 Å². The van der Waals surface area contributed by atoms with E-state index in [4.69, 9.17) is 4.74 Å². The largest absolute Gasteiger partial charge is 0.492 e. The summed E-state index contributed by atoms with van der Waals surface area (Å²) in [6.07, 6.45) is 0. The van der Waals surface area contributed by atoms with Crippen LogP contribution < -0.4 is 10.1 Å². The number of nitrogens with one attached hydrogen (secondary N) is 1. The zero-order valence-corrected chi connectivity index (χ0v) is 8.59. The predicted octanol–water partition coefficient (Wildman–Crippen LogP) is 2.20. The van der Waals surface area contributed by atoms with Gasteiger partial charge in [0.15, 0.2) is 0 Å². The standard InChI is InChI=1S/C11H16FNO/c1-3-13-9(2)8-14-11-6-4-5-10(12)7-11/h4-7,9,13H,3,8H2,1-2H3. The Labute approximate surface area is 84.1 Å². The fourth-order valence-electron chi connectivity index (χ4n) is 1.19. The lowest BCUT2D eigenvalue weighted by Gasteiger charge is -2.13. The van der Waals surface area contributed by atoms with E-state index in [2.05, 4.69) is 5.32 Å². The molecule has 0 bridgehead atoms. The van der Waals surface area contributed by atoms with Crippen molar-refractivity contribution in [3.05, 3.63) is 30.1 Å². The van der Waals surface area contributed by atoms with Gasteiger partial charge < -0.3 is 10.1 Å². The summed E-state index contributed by atoms with van der Waals surface area (Å²) in [5, 5.41) is 3.21. The van der Waals surface area contributed by atoms with E-state index in [1.165, 1.54) is 12.1 Å². The second kappa shape index (κ2) is 5.60. The molecule has 0 saturated carbocycles. The first-order valence-corrected chi connectivity index (χ1v) is 4.84. The maximum Gasteiger partial charge on any atom is 0.126 e. The van der Waals surface area contributed by atoms with Crippen molar-refractivity contribution in [3.63, 3.8) is 0 Å². The molecule has 78 valence electrons. The molecular weight excluding hydrogens is 181 g/mol. The highest BCUT2D eigenvalue weighted by Gasteiger charge is 2.01. The van der Waals surface area contributed by atoms with Crippen molar-refractivity contribution in [1.29, 1.82) is 0 Å². The summed E-state index contributed by atoms with van der Waals surface area (Å²) in [5.74, 6) is 0.313. The van der Waals surface area contributed by atoms with Gasteiger partial charge in [0.25, 0.3) is 0 Å². The predicted molar refractivity (Wildman–Crippen MR) is 55.0 cm³/mol. The molecule has 1 atom stereocenters. The highest BCUT2D eigenvalue weighted by Crippen LogP contribution is 2.11. The van der Waals surface area contributed by atoms with E-state index in [1.54, 1.807) is 12.1 Å². The Morgan fingerprint density at radius 1 is 1.50 bits per heavy atom. The number of benzene rings is 1. The van der Waals surface area contributed by atoms with E-state index in [1.807, 2.05) is 13.8 Å². The van der Waals surface area contributed by atoms with Crippen molar-refractivity contribution >= 4 is 0 Å². The van der Waals surface area contributed by atoms with Gasteiger partial charge in [-0.2, -0.15) is 0 Å². The summed E-state index contributed by atoms with van der Waals surface area (Å²) >= 11 is 0. The second-order valence-electron chi connectivity index (χ2n) is 3.23. The third-order valence-corrected chi connectivity index (χ3v) is 1.85. The lowest BCUT2D eigenvalue weighted by molar-refractivity contribution is 0.274. The summed E-state index contributed by atoms with van der Waals surface area (Å²) in [7, 11) is 0. The zero-order chi connectivity index (χ0) is 10.4. The van der Waals surface area contributed by atoms with E-state index in [-0.39, 0.29) is 11.9 Å². The van der Waals surface area contributed by atoms with Crippen molar-refractivity contribution in [2.45, 2.75) is 19.9 Å². The van der Waals surface area contributed by atoms with Crippen LogP contribution in [0, 0.1) is 5.82 Å². The Bertz CT molecular complexity index is 278. The van der Waals surface area contributed by atoms with Crippen LogP contribution in [-0.4, -0.2) is 19.2 Å². The Kier molecular flexibility index (Phi) is 4.40. The van der Waals surface area contributed by atoms with Gasteiger partial charge in [-0.25, -0.2) is 4.39 Å². The van der Waals surface area contributed by atoms with Gasteiger partial charge in [-0.3, -0.25) is 0 Å². The van der Waals surface area contributed by atoms with E-state index in [9.17, 15) is 4.39 Å². The highest BCUT2D eigenvalue weighted by atomic mass is 19.1. The van der Waals surface area contributed by atoms with Crippen LogP contribution in [0.1, 0.15) is 13.8 Å². The van der Waals surface area contributed by atoms with Crippen LogP contribution in [0.15, 0.2) is 24.3 Å². The van der Waals surface area contributed by atoms with Gasteiger partial charge in [0.1, 0.15) is 18.2 Å². The average Bonchev–Trinajstić information content (AvgIpc) is 2.15. The minimum absolute atomic E-state index is 0.265. The fraction of sp³-hybridized carbons (Fsp3) is 0.455. The molecule has 14 heavy (non-hydrogen) atoms. The molecule has 1 rings (SSSR count). The fourth-order valence-corrected chi connectivity index (χ4v) is 1.19. The number of hydrogen-bond acceptors (Lipinski definition) is 2. The van der Waals surface area contributed by atoms with E-state index >= 15 is 0 Å². The molecule has 0 aliphatic rings. The van der Waals surface area contributed by atoms with Crippen LogP contribution in [-0.2, 0) is 0 Å². The minimum Gasteiger partial charge on any atom is -0.492 e. The van der Waals surface area contributed by atoms with Gasteiger partial charge in [0.05, 0.1) is 0 Å². The Hall–Kier alpha value is -1.09. The van der Waals surface area contributed by atoms with Gasteiger partial charge in [0, 0.05) is 12.1 Å². The molecule has 1 aromatic carbocycles. The molecular formula is C11H16FNO. The molecule has 0 amide bonds. The number of hydrogen-bond donors (Lipinski definition) is 1. The Balaban J connectivity index is 2.37. The van der Waals surface area contributed by atoms with Crippen LogP contribution in [0.5, 0.6) is 5.75 Å². The number of ether oxygens (including phenoxy) is 1. The summed E-state index contributed by atoms with van der Waals surface area (Å²) < 4.78 is 18.1. The topological polar surface area (TPSA) is 21.3 Å². The lowest BCUT2D eigenvalue weighted by Crippen LogP contribution is -2.31. The van der Waals surface area contributed by atoms with Gasteiger partial charge in [-0.05, 0) is 25.6 Å². The zero-order valence-electron chi connectivity index (χ0n) is 8.59. The molecule has 0 heterocycles. The minimum atomic E-state index is -0.265. The van der Waals surface area contributed by atoms with Crippen molar-refractivity contribution in [1.82, 2.24) is 5.32 Å². The first-order valence-electron chi connectivity index (χ1n) is 4.84. The third-order valence-electron chi connectivity index (χ3n) is 1.85. The van der Waals surface area contributed by atoms with Gasteiger partial charge >= 0.3 is 0 Å². The van der Waals surface area contributed by atoms with Crippen LogP contribution in [0.3, 0.4) is 0 Å². The summed E-state index contributed by atoms with van der Waals surface area (Å²) in [6, 6.07) is 6.46. The van der Waals surface area contributed by atoms with Crippen molar-refractivity contribution in [2.24, 2.45) is 0 Å². The molecule has 0 fully saturated rings. The second-order valence-corrected chi connectivity index (χ2v) is 3.23. The van der Waals surface area contributed by atoms with Gasteiger partial charge in [0.2, 0.25) is 0 Å². The van der Waals surface area contributed by atoms with Crippen molar-refractivity contribution in [3.8, 4) is 5.75 Å². The van der Waals surface area contributed by atoms with Crippen molar-refractivity contribution < 1.29 is 9.13 Å². The molecule has 0 saturated heterocycles. The monoisotopic (exact) mass is 197 g/mol. The maximum atomic E-state index is 12.7.